The molecule has 3 N–H and O–H groups in total. The number of carboxylic acids is 1. The maximum absolute atomic E-state index is 12.7. The number of hydrogen-bond donors (Lipinski definition) is 2. The molecule has 4 heteroatoms. The maximum atomic E-state index is 12.7. The fraction of sp³-hybridized carbons (Fsp3) is 0.300. The van der Waals surface area contributed by atoms with E-state index in [2.05, 4.69) is 0 Å². The average molecular weight is 197 g/mol. The quantitative estimate of drug-likeness (QED) is 0.762. The molecule has 0 amide bonds. The minimum absolute atomic E-state index is 0.224. The summed E-state index contributed by atoms with van der Waals surface area (Å²) in [4.78, 5) is 10.5. The number of carbonyl (C=O) groups is 1. The third-order valence-corrected chi connectivity index (χ3v) is 2.06. The van der Waals surface area contributed by atoms with Crippen molar-refractivity contribution in [3.63, 3.8) is 0 Å². The van der Waals surface area contributed by atoms with Gasteiger partial charge < -0.3 is 10.8 Å². The smallest absolute Gasteiger partial charge is 0.320 e. The van der Waals surface area contributed by atoms with E-state index >= 15 is 0 Å². The van der Waals surface area contributed by atoms with Gasteiger partial charge in [-0.25, -0.2) is 4.39 Å². The molecule has 0 saturated carbocycles. The van der Waals surface area contributed by atoms with Crippen molar-refractivity contribution < 1.29 is 14.3 Å². The molecule has 14 heavy (non-hydrogen) atoms. The molecule has 0 radical (unpaired) electrons. The highest BCUT2D eigenvalue weighted by molar-refractivity contribution is 5.73. The highest BCUT2D eigenvalue weighted by atomic mass is 19.1. The van der Waals surface area contributed by atoms with Gasteiger partial charge in [-0.05, 0) is 36.6 Å². The van der Waals surface area contributed by atoms with Gasteiger partial charge in [0, 0.05) is 0 Å². The Bertz CT molecular complexity index is 352. The normalized spacial score (nSPS) is 12.5. The number of aliphatic carboxylic acids is 1. The van der Waals surface area contributed by atoms with Crippen LogP contribution in [-0.4, -0.2) is 17.1 Å². The highest BCUT2D eigenvalue weighted by Crippen LogP contribution is 2.11. The van der Waals surface area contributed by atoms with Crippen molar-refractivity contribution in [2.45, 2.75) is 19.4 Å². The molecule has 0 bridgehead atoms. The zero-order chi connectivity index (χ0) is 10.7. The van der Waals surface area contributed by atoms with Crippen LogP contribution in [0.1, 0.15) is 11.1 Å². The van der Waals surface area contributed by atoms with Crippen LogP contribution in [-0.2, 0) is 11.2 Å². The Labute approximate surface area is 81.4 Å². The topological polar surface area (TPSA) is 63.3 Å². The second-order valence-corrected chi connectivity index (χ2v) is 3.22. The Kier molecular flexibility index (Phi) is 3.19. The summed E-state index contributed by atoms with van der Waals surface area (Å²) in [6.07, 6.45) is 0.224. The van der Waals surface area contributed by atoms with Crippen LogP contribution in [0.5, 0.6) is 0 Å². The van der Waals surface area contributed by atoms with E-state index in [0.29, 0.717) is 0 Å². The Morgan fingerprint density at radius 3 is 2.79 bits per heavy atom. The molecule has 0 heterocycles. The second-order valence-electron chi connectivity index (χ2n) is 3.22. The summed E-state index contributed by atoms with van der Waals surface area (Å²) >= 11 is 0. The van der Waals surface area contributed by atoms with E-state index in [4.69, 9.17) is 10.8 Å². The van der Waals surface area contributed by atoms with Crippen LogP contribution < -0.4 is 5.73 Å². The molecule has 0 aliphatic carbocycles. The van der Waals surface area contributed by atoms with Crippen LogP contribution in [0.15, 0.2) is 18.2 Å². The fourth-order valence-electron chi connectivity index (χ4n) is 1.21. The standard InChI is InChI=1S/C10H12FNO2/c1-6-4-8(11)3-2-7(6)5-9(12)10(13)14/h2-4,9H,5,12H2,1H3,(H,13,14). The Morgan fingerprint density at radius 1 is 1.64 bits per heavy atom. The molecule has 1 aromatic carbocycles. The van der Waals surface area contributed by atoms with Gasteiger partial charge in [0.1, 0.15) is 11.9 Å². The number of aryl methyl sites for hydroxylation is 1. The van der Waals surface area contributed by atoms with Crippen molar-refractivity contribution in [1.29, 1.82) is 0 Å². The van der Waals surface area contributed by atoms with E-state index in [0.717, 1.165) is 11.1 Å². The third kappa shape index (κ3) is 2.53. The van der Waals surface area contributed by atoms with Gasteiger partial charge in [0.2, 0.25) is 0 Å². The minimum Gasteiger partial charge on any atom is -0.480 e. The van der Waals surface area contributed by atoms with Gasteiger partial charge in [-0.1, -0.05) is 6.07 Å². The summed E-state index contributed by atoms with van der Waals surface area (Å²) in [5.74, 6) is -1.37. The molecular weight excluding hydrogens is 185 g/mol. The summed E-state index contributed by atoms with van der Waals surface area (Å²) < 4.78 is 12.7. The first-order valence-corrected chi connectivity index (χ1v) is 4.24. The van der Waals surface area contributed by atoms with Crippen molar-refractivity contribution in [3.8, 4) is 0 Å². The first kappa shape index (κ1) is 10.7. The van der Waals surface area contributed by atoms with Crippen molar-refractivity contribution >= 4 is 5.97 Å². The molecule has 1 rings (SSSR count). The van der Waals surface area contributed by atoms with Crippen LogP contribution in [0, 0.1) is 12.7 Å². The Balaban J connectivity index is 2.82. The summed E-state index contributed by atoms with van der Waals surface area (Å²) in [5, 5.41) is 8.59. The molecule has 0 aliphatic rings. The van der Waals surface area contributed by atoms with Crippen LogP contribution in [0.3, 0.4) is 0 Å². The van der Waals surface area contributed by atoms with Crippen molar-refractivity contribution in [1.82, 2.24) is 0 Å². The lowest BCUT2D eigenvalue weighted by atomic mass is 10.0. The van der Waals surface area contributed by atoms with Gasteiger partial charge in [0.15, 0.2) is 0 Å². The van der Waals surface area contributed by atoms with E-state index in [1.807, 2.05) is 0 Å². The largest absolute Gasteiger partial charge is 0.480 e. The van der Waals surface area contributed by atoms with Crippen molar-refractivity contribution in [2.75, 3.05) is 0 Å². The van der Waals surface area contributed by atoms with Gasteiger partial charge in [-0.3, -0.25) is 4.79 Å². The SMILES string of the molecule is Cc1cc(F)ccc1CC(N)C(=O)O. The summed E-state index contributed by atoms with van der Waals surface area (Å²) in [6.45, 7) is 1.73. The summed E-state index contributed by atoms with van der Waals surface area (Å²) in [7, 11) is 0. The van der Waals surface area contributed by atoms with Crippen LogP contribution in [0.2, 0.25) is 0 Å². The molecule has 3 nitrogen and oxygen atoms in total. The highest BCUT2D eigenvalue weighted by Gasteiger charge is 2.13. The van der Waals surface area contributed by atoms with E-state index in [-0.39, 0.29) is 12.2 Å². The molecule has 0 fully saturated rings. The van der Waals surface area contributed by atoms with Crippen molar-refractivity contribution in [3.05, 3.63) is 35.1 Å². The molecule has 0 aliphatic heterocycles. The first-order valence-electron chi connectivity index (χ1n) is 4.24. The van der Waals surface area contributed by atoms with E-state index < -0.39 is 12.0 Å². The molecule has 1 aromatic rings. The zero-order valence-electron chi connectivity index (χ0n) is 7.83. The van der Waals surface area contributed by atoms with Gasteiger partial charge in [-0.15, -0.1) is 0 Å². The lowest BCUT2D eigenvalue weighted by Gasteiger charge is -2.08. The Hall–Kier alpha value is -1.42. The predicted octanol–water partition coefficient (Wildman–Crippen LogP) is 1.09. The number of nitrogens with two attached hydrogens (primary N) is 1. The number of rotatable bonds is 3. The molecule has 0 aromatic heterocycles. The lowest BCUT2D eigenvalue weighted by Crippen LogP contribution is -2.32. The molecular formula is C10H12FNO2. The molecule has 76 valence electrons. The molecule has 1 unspecified atom stereocenters. The van der Waals surface area contributed by atoms with Gasteiger partial charge in [0.25, 0.3) is 0 Å². The van der Waals surface area contributed by atoms with Crippen molar-refractivity contribution in [2.24, 2.45) is 5.73 Å². The predicted molar refractivity (Wildman–Crippen MR) is 50.5 cm³/mol. The minimum atomic E-state index is -1.05. The van der Waals surface area contributed by atoms with Crippen LogP contribution >= 0.6 is 0 Å². The second kappa shape index (κ2) is 4.19. The number of hydrogen-bond acceptors (Lipinski definition) is 2. The summed E-state index contributed by atoms with van der Waals surface area (Å²) in [6, 6.07) is 3.30. The number of carboxylic acid groups (broad SMARTS) is 1. The lowest BCUT2D eigenvalue weighted by molar-refractivity contribution is -0.138. The van der Waals surface area contributed by atoms with E-state index in [1.165, 1.54) is 12.1 Å². The number of benzene rings is 1. The molecule has 0 saturated heterocycles. The maximum Gasteiger partial charge on any atom is 0.320 e. The van der Waals surface area contributed by atoms with Gasteiger partial charge in [-0.2, -0.15) is 0 Å². The average Bonchev–Trinajstić information content (AvgIpc) is 2.09. The first-order chi connectivity index (χ1) is 6.50. The van der Waals surface area contributed by atoms with Gasteiger partial charge >= 0.3 is 5.97 Å². The zero-order valence-corrected chi connectivity index (χ0v) is 7.83. The van der Waals surface area contributed by atoms with Gasteiger partial charge in [0.05, 0.1) is 0 Å². The monoisotopic (exact) mass is 197 g/mol. The third-order valence-electron chi connectivity index (χ3n) is 2.06. The fourth-order valence-corrected chi connectivity index (χ4v) is 1.21. The van der Waals surface area contributed by atoms with E-state index in [1.54, 1.807) is 13.0 Å². The van der Waals surface area contributed by atoms with E-state index in [9.17, 15) is 9.18 Å². The van der Waals surface area contributed by atoms with Crippen LogP contribution in [0.4, 0.5) is 4.39 Å². The molecule has 0 spiro atoms. The number of halogens is 1. The molecule has 1 atom stereocenters. The van der Waals surface area contributed by atoms with Crippen LogP contribution in [0.25, 0.3) is 0 Å². The Morgan fingerprint density at radius 2 is 2.29 bits per heavy atom. The summed E-state index contributed by atoms with van der Waals surface area (Å²) in [5.41, 5.74) is 6.85.